The van der Waals surface area contributed by atoms with Crippen molar-refractivity contribution in [2.75, 3.05) is 79.3 Å². The second kappa shape index (κ2) is 36.8. The Hall–Kier alpha value is -3.03. The number of allylic oxidation sites excluding steroid dienone is 1. The van der Waals surface area contributed by atoms with Crippen LogP contribution in [0.1, 0.15) is 68.2 Å². The summed E-state index contributed by atoms with van der Waals surface area (Å²) >= 11 is 4.71. The zero-order chi connectivity index (χ0) is 45.9. The van der Waals surface area contributed by atoms with E-state index in [9.17, 15) is 19.2 Å². The summed E-state index contributed by atoms with van der Waals surface area (Å²) < 4.78 is 34.9. The summed E-state index contributed by atoms with van der Waals surface area (Å²) in [6.45, 7) is 34.1. The van der Waals surface area contributed by atoms with Crippen LogP contribution < -0.4 is 33.2 Å². The normalized spacial score (nSPS) is 15.9. The zero-order valence-electron chi connectivity index (χ0n) is 37.2. The highest BCUT2D eigenvalue weighted by Gasteiger charge is 2.32. The van der Waals surface area contributed by atoms with E-state index in [1.54, 1.807) is 0 Å². The summed E-state index contributed by atoms with van der Waals surface area (Å²) in [5.41, 5.74) is 16.5. The minimum atomic E-state index is -0.509. The van der Waals surface area contributed by atoms with E-state index in [4.69, 9.17) is 57.2 Å². The first-order chi connectivity index (χ1) is 27.7. The maximum Gasteiger partial charge on any atom is 0.244 e. The second-order valence-corrected chi connectivity index (χ2v) is 15.5. The molecule has 9 N–H and O–H groups in total. The number of amides is 3. The quantitative estimate of drug-likeness (QED) is 0.0412. The van der Waals surface area contributed by atoms with Crippen LogP contribution in [0.25, 0.3) is 0 Å². The van der Waals surface area contributed by atoms with Crippen molar-refractivity contribution in [2.24, 2.45) is 28.0 Å². The number of halogens is 1. The fraction of sp³-hybridized carbons (Fsp3) is 0.714. The zero-order valence-corrected chi connectivity index (χ0v) is 37.9. The predicted octanol–water partition coefficient (Wildman–Crippen LogP) is 2.92. The second-order valence-electron chi connectivity index (χ2n) is 15.1. The highest BCUT2D eigenvalue weighted by molar-refractivity contribution is 6.66. The Balaban J connectivity index is -0.00000103. The van der Waals surface area contributed by atoms with Gasteiger partial charge in [-0.1, -0.05) is 40.2 Å². The molecule has 16 nitrogen and oxygen atoms in total. The smallest absolute Gasteiger partial charge is 0.244 e. The minimum Gasteiger partial charge on any atom is -0.379 e. The number of nitrogens with two attached hydrogens (primary N) is 3. The van der Waals surface area contributed by atoms with Crippen LogP contribution in [-0.2, 0) is 47.6 Å². The van der Waals surface area contributed by atoms with E-state index in [-0.39, 0.29) is 59.4 Å². The Morgan fingerprint density at radius 1 is 0.492 bits per heavy atom. The molecule has 0 aromatic carbocycles. The van der Waals surface area contributed by atoms with Crippen molar-refractivity contribution >= 4 is 34.6 Å². The average Bonchev–Trinajstić information content (AvgIpc) is 3.17. The first-order valence-corrected chi connectivity index (χ1v) is 20.4. The first-order valence-electron chi connectivity index (χ1n) is 20.0. The van der Waals surface area contributed by atoms with Crippen LogP contribution in [0.3, 0.4) is 0 Å². The molecule has 0 saturated heterocycles. The Labute approximate surface area is 359 Å². The number of hydrogen-bond acceptors (Lipinski definition) is 13. The molecule has 0 heterocycles. The number of rotatable bonds is 33. The summed E-state index contributed by atoms with van der Waals surface area (Å²) in [4.78, 5) is 43.8. The van der Waals surface area contributed by atoms with Gasteiger partial charge in [0.1, 0.15) is 0 Å². The van der Waals surface area contributed by atoms with Gasteiger partial charge in [0.15, 0.2) is 0 Å². The largest absolute Gasteiger partial charge is 0.379 e. The van der Waals surface area contributed by atoms with Gasteiger partial charge in [0.25, 0.3) is 0 Å². The number of ether oxygens (including phenoxy) is 6. The van der Waals surface area contributed by atoms with E-state index >= 15 is 0 Å². The van der Waals surface area contributed by atoms with Gasteiger partial charge in [-0.15, -0.1) is 0 Å². The van der Waals surface area contributed by atoms with Gasteiger partial charge in [-0.25, -0.2) is 0 Å². The van der Waals surface area contributed by atoms with Crippen molar-refractivity contribution < 1.29 is 47.6 Å². The van der Waals surface area contributed by atoms with Crippen LogP contribution in [0.15, 0.2) is 50.6 Å². The van der Waals surface area contributed by atoms with Gasteiger partial charge in [0.2, 0.25) is 23.0 Å². The molecule has 0 spiro atoms. The number of hydrogen-bond donors (Lipinski definition) is 6. The highest BCUT2D eigenvalue weighted by Crippen LogP contribution is 2.25. The van der Waals surface area contributed by atoms with Gasteiger partial charge in [-0.2, -0.15) is 0 Å². The third-order valence-corrected chi connectivity index (χ3v) is 8.23. The van der Waals surface area contributed by atoms with E-state index in [0.717, 1.165) is 12.5 Å². The number of carbonyl (C=O) groups excluding carboxylic acids is 4. The lowest BCUT2D eigenvalue weighted by Crippen LogP contribution is -2.42. The summed E-state index contributed by atoms with van der Waals surface area (Å²) in [5.74, 6) is -0.776. The van der Waals surface area contributed by atoms with Crippen LogP contribution in [0.5, 0.6) is 0 Å². The molecule has 17 heteroatoms. The minimum absolute atomic E-state index is 0.0227. The van der Waals surface area contributed by atoms with E-state index in [0.29, 0.717) is 85.7 Å². The van der Waals surface area contributed by atoms with Crippen LogP contribution in [0.4, 0.5) is 0 Å². The Kier molecular flexibility index (Phi) is 37.6. The summed E-state index contributed by atoms with van der Waals surface area (Å²) in [5, 5.41) is 7.76. The standard InChI is InChI=1S/C24H41N3O6.C15H35N3O3.C3H3ClO/c1-8-21(28)25-18(5)12-31-15-24(11-4,16-32-13-19(6)26-22(29)9-2)17-33-14-20(7)27-23(30)10-3;1-5-15(9-19-6-12(2)16,10-20-7-13(3)17)11-21-8-14(4)18;1-2-3(4)5/h8-10,18-20H,1-3,11-17H2,4-7H3,(H,25,28)(H,26,29)(H,27,30);12-14H,5-11,16-18H2,1-4H3;2H,1H2. The highest BCUT2D eigenvalue weighted by atomic mass is 35.5. The summed E-state index contributed by atoms with van der Waals surface area (Å²) in [7, 11) is 0. The molecule has 59 heavy (non-hydrogen) atoms. The van der Waals surface area contributed by atoms with Crippen LogP contribution in [-0.4, -0.2) is 138 Å². The molecule has 0 aromatic heterocycles. The van der Waals surface area contributed by atoms with E-state index in [1.165, 1.54) is 18.2 Å². The predicted molar refractivity (Wildman–Crippen MR) is 236 cm³/mol. The molecule has 0 aliphatic carbocycles. The molecule has 0 fully saturated rings. The van der Waals surface area contributed by atoms with Crippen LogP contribution in [0.2, 0.25) is 0 Å². The molecular formula is C42H79ClN6O10. The summed E-state index contributed by atoms with van der Waals surface area (Å²) in [6.07, 6.45) is 6.29. The van der Waals surface area contributed by atoms with E-state index < -0.39 is 10.7 Å². The van der Waals surface area contributed by atoms with Gasteiger partial charge in [0.05, 0.1) is 79.3 Å². The van der Waals surface area contributed by atoms with Gasteiger partial charge < -0.3 is 61.6 Å². The van der Waals surface area contributed by atoms with Gasteiger partial charge in [0, 0.05) is 47.1 Å². The SMILES string of the molecule is C=CC(=O)Cl.C=CC(=O)NC(C)COCC(CC)(COCC(C)NC(=O)C=C)COCC(C)NC(=O)C=C.CCC(COCC(C)N)(COCC(C)N)COCC(C)N. The van der Waals surface area contributed by atoms with Crippen LogP contribution in [0, 0.1) is 10.8 Å². The molecular weight excluding hydrogens is 784 g/mol. The lowest BCUT2D eigenvalue weighted by molar-refractivity contribution is -0.118. The molecule has 6 atom stereocenters. The Bertz CT molecular complexity index is 1070. The molecule has 0 radical (unpaired) electrons. The lowest BCUT2D eigenvalue weighted by Gasteiger charge is -2.33. The average molecular weight is 864 g/mol. The van der Waals surface area contributed by atoms with Crippen molar-refractivity contribution in [2.45, 2.75) is 104 Å². The first kappa shape index (κ1) is 60.3. The van der Waals surface area contributed by atoms with E-state index in [1.807, 2.05) is 48.5 Å². The van der Waals surface area contributed by atoms with Crippen molar-refractivity contribution in [3.8, 4) is 0 Å². The van der Waals surface area contributed by atoms with Gasteiger partial charge >= 0.3 is 0 Å². The summed E-state index contributed by atoms with van der Waals surface area (Å²) in [6, 6.07) is -0.487. The third-order valence-electron chi connectivity index (χ3n) is 8.08. The Morgan fingerprint density at radius 2 is 0.695 bits per heavy atom. The number of nitrogens with one attached hydrogen (secondary N) is 3. The monoisotopic (exact) mass is 863 g/mol. The third kappa shape index (κ3) is 36.5. The molecule has 0 aliphatic heterocycles. The van der Waals surface area contributed by atoms with Gasteiger partial charge in [-0.3, -0.25) is 19.2 Å². The van der Waals surface area contributed by atoms with Gasteiger partial charge in [-0.05, 0) is 90.3 Å². The molecule has 0 aliphatic rings. The molecule has 0 bridgehead atoms. The van der Waals surface area contributed by atoms with Crippen LogP contribution >= 0.6 is 11.6 Å². The molecule has 6 unspecified atom stereocenters. The van der Waals surface area contributed by atoms with Crippen molar-refractivity contribution in [3.63, 3.8) is 0 Å². The number of carbonyl (C=O) groups is 4. The van der Waals surface area contributed by atoms with Crippen molar-refractivity contribution in [3.05, 3.63) is 50.6 Å². The lowest BCUT2D eigenvalue weighted by atomic mass is 9.88. The molecule has 0 rings (SSSR count). The maximum atomic E-state index is 11.4. The fourth-order valence-corrected chi connectivity index (χ4v) is 4.63. The topological polar surface area (TPSA) is 238 Å². The molecule has 0 aromatic rings. The molecule has 3 amide bonds. The van der Waals surface area contributed by atoms with E-state index in [2.05, 4.69) is 49.2 Å². The molecule has 344 valence electrons. The fourth-order valence-electron chi connectivity index (χ4n) is 4.63. The molecule has 0 saturated carbocycles. The Morgan fingerprint density at radius 3 is 0.847 bits per heavy atom. The maximum absolute atomic E-state index is 11.4. The van der Waals surface area contributed by atoms with Crippen molar-refractivity contribution in [1.82, 2.24) is 16.0 Å². The van der Waals surface area contributed by atoms with Crippen molar-refractivity contribution in [1.29, 1.82) is 0 Å².